The van der Waals surface area contributed by atoms with Crippen molar-refractivity contribution in [1.29, 1.82) is 0 Å². The van der Waals surface area contributed by atoms with Crippen LogP contribution in [-0.4, -0.2) is 42.2 Å². The van der Waals surface area contributed by atoms with E-state index in [0.717, 1.165) is 38.4 Å². The van der Waals surface area contributed by atoms with Gasteiger partial charge in [0, 0.05) is 38.4 Å². The fourth-order valence-corrected chi connectivity index (χ4v) is 2.88. The summed E-state index contributed by atoms with van der Waals surface area (Å²) in [6, 6.07) is 14.6. The third kappa shape index (κ3) is 3.68. The Hall–Kier alpha value is -2.40. The van der Waals surface area contributed by atoms with Crippen LogP contribution in [0.15, 0.2) is 48.5 Å². The van der Waals surface area contributed by atoms with Crippen LogP contribution in [0.5, 0.6) is 0 Å². The van der Waals surface area contributed by atoms with Gasteiger partial charge in [-0.15, -0.1) is 0 Å². The maximum atomic E-state index is 13.5. The molecule has 5 heteroatoms. The van der Waals surface area contributed by atoms with Crippen LogP contribution in [0, 0.1) is 5.82 Å². The highest BCUT2D eigenvalue weighted by atomic mass is 19.1. The molecule has 4 nitrogen and oxygen atoms in total. The number of anilines is 1. The smallest absolute Gasteiger partial charge is 0.338 e. The highest BCUT2D eigenvalue weighted by Crippen LogP contribution is 2.21. The number of hydrogen-bond acceptors (Lipinski definition) is 3. The van der Waals surface area contributed by atoms with Gasteiger partial charge in [0.05, 0.1) is 5.56 Å². The van der Waals surface area contributed by atoms with E-state index in [1.807, 2.05) is 18.2 Å². The minimum Gasteiger partial charge on any atom is -0.478 e. The summed E-state index contributed by atoms with van der Waals surface area (Å²) >= 11 is 0. The third-order valence-electron chi connectivity index (χ3n) is 4.17. The summed E-state index contributed by atoms with van der Waals surface area (Å²) in [5, 5.41) is 9.03. The van der Waals surface area contributed by atoms with Gasteiger partial charge in [-0.25, -0.2) is 9.18 Å². The quantitative estimate of drug-likeness (QED) is 0.942. The molecule has 1 aliphatic heterocycles. The zero-order valence-corrected chi connectivity index (χ0v) is 12.8. The van der Waals surface area contributed by atoms with Crippen LogP contribution in [0.4, 0.5) is 10.1 Å². The molecule has 0 spiro atoms. The van der Waals surface area contributed by atoms with Gasteiger partial charge < -0.3 is 10.0 Å². The summed E-state index contributed by atoms with van der Waals surface area (Å²) in [7, 11) is 0. The minimum absolute atomic E-state index is 0.269. The van der Waals surface area contributed by atoms with Crippen LogP contribution >= 0.6 is 0 Å². The molecular weight excluding hydrogens is 295 g/mol. The maximum absolute atomic E-state index is 13.5. The zero-order valence-electron chi connectivity index (χ0n) is 12.8. The van der Waals surface area contributed by atoms with Crippen LogP contribution in [0.25, 0.3) is 0 Å². The summed E-state index contributed by atoms with van der Waals surface area (Å²) < 4.78 is 13.5. The molecule has 0 aromatic heterocycles. The number of carboxylic acids is 1. The van der Waals surface area contributed by atoms with Gasteiger partial charge in [0.25, 0.3) is 0 Å². The Morgan fingerprint density at radius 3 is 2.39 bits per heavy atom. The van der Waals surface area contributed by atoms with Crippen molar-refractivity contribution in [2.24, 2.45) is 0 Å². The van der Waals surface area contributed by atoms with Crippen molar-refractivity contribution in [3.8, 4) is 0 Å². The first-order valence-electron chi connectivity index (χ1n) is 7.67. The molecule has 1 heterocycles. The van der Waals surface area contributed by atoms with E-state index in [1.54, 1.807) is 6.07 Å². The summed E-state index contributed by atoms with van der Waals surface area (Å²) in [5.41, 5.74) is 1.79. The summed E-state index contributed by atoms with van der Waals surface area (Å²) in [5.74, 6) is -1.92. The number of carboxylic acid groups (broad SMARTS) is 1. The lowest BCUT2D eigenvalue weighted by atomic mass is 10.1. The van der Waals surface area contributed by atoms with Gasteiger partial charge in [-0.2, -0.15) is 0 Å². The van der Waals surface area contributed by atoms with Gasteiger partial charge >= 0.3 is 5.97 Å². The molecule has 1 aliphatic rings. The van der Waals surface area contributed by atoms with Crippen molar-refractivity contribution in [3.63, 3.8) is 0 Å². The van der Waals surface area contributed by atoms with Crippen LogP contribution in [0.3, 0.4) is 0 Å². The van der Waals surface area contributed by atoms with E-state index in [-0.39, 0.29) is 5.56 Å². The Morgan fingerprint density at radius 1 is 1.04 bits per heavy atom. The van der Waals surface area contributed by atoms with Gasteiger partial charge in [-0.1, -0.05) is 30.3 Å². The molecule has 3 rings (SSSR count). The average molecular weight is 314 g/mol. The summed E-state index contributed by atoms with van der Waals surface area (Å²) in [4.78, 5) is 15.5. The van der Waals surface area contributed by atoms with Crippen LogP contribution in [-0.2, 0) is 6.54 Å². The fourth-order valence-electron chi connectivity index (χ4n) is 2.88. The second kappa shape index (κ2) is 6.79. The zero-order chi connectivity index (χ0) is 16.2. The lowest BCUT2D eigenvalue weighted by Gasteiger charge is -2.36. The number of carbonyl (C=O) groups is 1. The normalized spacial score (nSPS) is 15.6. The number of nitrogens with zero attached hydrogens (tertiary/aromatic N) is 2. The molecule has 1 fully saturated rings. The molecule has 0 atom stereocenters. The van der Waals surface area contributed by atoms with Crippen molar-refractivity contribution in [3.05, 3.63) is 65.5 Å². The molecule has 23 heavy (non-hydrogen) atoms. The van der Waals surface area contributed by atoms with Crippen molar-refractivity contribution in [2.45, 2.75) is 6.54 Å². The van der Waals surface area contributed by atoms with E-state index in [0.29, 0.717) is 0 Å². The first kappa shape index (κ1) is 15.5. The number of halogens is 1. The minimum atomic E-state index is -1.23. The Labute approximate surface area is 134 Å². The lowest BCUT2D eigenvalue weighted by Crippen LogP contribution is -2.46. The van der Waals surface area contributed by atoms with Crippen molar-refractivity contribution >= 4 is 11.7 Å². The number of benzene rings is 2. The second-order valence-corrected chi connectivity index (χ2v) is 5.72. The lowest BCUT2D eigenvalue weighted by molar-refractivity contribution is 0.0692. The molecule has 2 aromatic carbocycles. The summed E-state index contributed by atoms with van der Waals surface area (Å²) in [6.45, 7) is 4.32. The number of hydrogen-bond donors (Lipinski definition) is 1. The summed E-state index contributed by atoms with van der Waals surface area (Å²) in [6.07, 6.45) is 0. The molecule has 120 valence electrons. The third-order valence-corrected chi connectivity index (χ3v) is 4.17. The van der Waals surface area contributed by atoms with E-state index in [9.17, 15) is 9.18 Å². The van der Waals surface area contributed by atoms with Gasteiger partial charge in [-0.05, 0) is 23.8 Å². The predicted octanol–water partition coefficient (Wildman–Crippen LogP) is 2.85. The van der Waals surface area contributed by atoms with Crippen molar-refractivity contribution in [1.82, 2.24) is 4.90 Å². The molecule has 0 unspecified atom stereocenters. The van der Waals surface area contributed by atoms with Gasteiger partial charge in [0.15, 0.2) is 0 Å². The number of piperazine rings is 1. The van der Waals surface area contributed by atoms with E-state index in [2.05, 4.69) is 21.9 Å². The van der Waals surface area contributed by atoms with E-state index < -0.39 is 11.8 Å². The van der Waals surface area contributed by atoms with E-state index >= 15 is 0 Å². The monoisotopic (exact) mass is 314 g/mol. The van der Waals surface area contributed by atoms with Gasteiger partial charge in [0.2, 0.25) is 0 Å². The van der Waals surface area contributed by atoms with Gasteiger partial charge in [-0.3, -0.25) is 4.90 Å². The van der Waals surface area contributed by atoms with Crippen molar-refractivity contribution < 1.29 is 14.3 Å². The van der Waals surface area contributed by atoms with Crippen molar-refractivity contribution in [2.75, 3.05) is 31.1 Å². The standard InChI is InChI=1S/C18H19FN2O2/c19-17-7-6-15(12-16(17)18(22)23)21-10-8-20(9-11-21)13-14-4-2-1-3-5-14/h1-7,12H,8-11,13H2,(H,22,23). The van der Waals surface area contributed by atoms with Gasteiger partial charge in [0.1, 0.15) is 5.82 Å². The maximum Gasteiger partial charge on any atom is 0.338 e. The predicted molar refractivity (Wildman–Crippen MR) is 87.3 cm³/mol. The second-order valence-electron chi connectivity index (χ2n) is 5.72. The topological polar surface area (TPSA) is 43.8 Å². The van der Waals surface area contributed by atoms with Crippen LogP contribution in [0.1, 0.15) is 15.9 Å². The molecule has 1 N–H and O–H groups in total. The Bertz CT molecular complexity index is 683. The molecule has 0 amide bonds. The van der Waals surface area contributed by atoms with E-state index in [1.165, 1.54) is 17.7 Å². The van der Waals surface area contributed by atoms with E-state index in [4.69, 9.17) is 5.11 Å². The SMILES string of the molecule is O=C(O)c1cc(N2CCN(Cc3ccccc3)CC2)ccc1F. The first-order valence-corrected chi connectivity index (χ1v) is 7.67. The number of aromatic carboxylic acids is 1. The highest BCUT2D eigenvalue weighted by Gasteiger charge is 2.19. The molecule has 0 aliphatic carbocycles. The van der Waals surface area contributed by atoms with Crippen LogP contribution < -0.4 is 4.90 Å². The fraction of sp³-hybridized carbons (Fsp3) is 0.278. The molecule has 2 aromatic rings. The average Bonchev–Trinajstić information content (AvgIpc) is 2.57. The highest BCUT2D eigenvalue weighted by molar-refractivity contribution is 5.89. The van der Waals surface area contributed by atoms with Crippen LogP contribution in [0.2, 0.25) is 0 Å². The first-order chi connectivity index (χ1) is 11.1. The number of rotatable bonds is 4. The Kier molecular flexibility index (Phi) is 4.57. The largest absolute Gasteiger partial charge is 0.478 e. The molecule has 0 radical (unpaired) electrons. The molecule has 0 bridgehead atoms. The molecule has 0 saturated carbocycles. The molecule has 1 saturated heterocycles. The Balaban J connectivity index is 1.63. The molecular formula is C18H19FN2O2. The Morgan fingerprint density at radius 2 is 1.74 bits per heavy atom.